The smallest absolute Gasteiger partial charge is 0.257 e. The molecule has 3 heterocycles. The van der Waals surface area contributed by atoms with Gasteiger partial charge in [0.05, 0.1) is 11.3 Å². The average Bonchev–Trinajstić information content (AvgIpc) is 2.62. The first kappa shape index (κ1) is 16.9. The molecule has 2 aliphatic rings. The molecule has 0 aromatic carbocycles. The van der Waals surface area contributed by atoms with Crippen molar-refractivity contribution >= 4 is 11.8 Å². The highest BCUT2D eigenvalue weighted by molar-refractivity contribution is 5.95. The van der Waals surface area contributed by atoms with Gasteiger partial charge < -0.3 is 9.80 Å². The number of rotatable bonds is 2. The van der Waals surface area contributed by atoms with Gasteiger partial charge in [0.2, 0.25) is 5.91 Å². The van der Waals surface area contributed by atoms with Gasteiger partial charge in [-0.15, -0.1) is 0 Å². The molecular weight excluding hydrogens is 304 g/mol. The Balaban J connectivity index is 1.74. The molecule has 24 heavy (non-hydrogen) atoms. The predicted molar refractivity (Wildman–Crippen MR) is 90.8 cm³/mol. The molecule has 3 rings (SSSR count). The van der Waals surface area contributed by atoms with E-state index in [1.165, 1.54) is 6.42 Å². The molecule has 0 spiro atoms. The first-order valence-electron chi connectivity index (χ1n) is 8.94. The van der Waals surface area contributed by atoms with Gasteiger partial charge in [-0.05, 0) is 39.0 Å². The van der Waals surface area contributed by atoms with Crippen LogP contribution < -0.4 is 0 Å². The molecule has 6 nitrogen and oxygen atoms in total. The van der Waals surface area contributed by atoms with Crippen LogP contribution in [0.2, 0.25) is 0 Å². The maximum atomic E-state index is 12.6. The van der Waals surface area contributed by atoms with Gasteiger partial charge in [-0.2, -0.15) is 0 Å². The lowest BCUT2D eigenvalue weighted by Gasteiger charge is -2.31. The lowest BCUT2D eigenvalue weighted by Crippen LogP contribution is -2.38. The van der Waals surface area contributed by atoms with E-state index < -0.39 is 0 Å². The third kappa shape index (κ3) is 3.57. The Kier molecular flexibility index (Phi) is 5.11. The van der Waals surface area contributed by atoms with E-state index >= 15 is 0 Å². The molecular formula is C18H26N4O2. The normalized spacial score (nSPS) is 21.7. The molecule has 1 unspecified atom stereocenters. The number of hydrogen-bond acceptors (Lipinski definition) is 4. The summed E-state index contributed by atoms with van der Waals surface area (Å²) in [5.41, 5.74) is 1.36. The highest BCUT2D eigenvalue weighted by atomic mass is 16.2. The topological polar surface area (TPSA) is 66.4 Å². The van der Waals surface area contributed by atoms with Crippen LogP contribution >= 0.6 is 0 Å². The number of hydrogen-bond donors (Lipinski definition) is 0. The Morgan fingerprint density at radius 3 is 2.46 bits per heavy atom. The third-order valence-electron chi connectivity index (χ3n) is 5.10. The van der Waals surface area contributed by atoms with E-state index in [0.717, 1.165) is 56.8 Å². The summed E-state index contributed by atoms with van der Waals surface area (Å²) < 4.78 is 0. The summed E-state index contributed by atoms with van der Waals surface area (Å²) in [5.74, 6) is 1.08. The number of aromatic nitrogens is 2. The van der Waals surface area contributed by atoms with Gasteiger partial charge in [0.25, 0.3) is 5.91 Å². The maximum absolute atomic E-state index is 12.6. The summed E-state index contributed by atoms with van der Waals surface area (Å²) in [7, 11) is 0. The van der Waals surface area contributed by atoms with Crippen molar-refractivity contribution in [3.8, 4) is 0 Å². The molecule has 2 saturated heterocycles. The number of carbonyl (C=O) groups is 2. The minimum atomic E-state index is 0.0488. The van der Waals surface area contributed by atoms with Gasteiger partial charge in [0.1, 0.15) is 5.82 Å². The van der Waals surface area contributed by atoms with E-state index in [4.69, 9.17) is 0 Å². The second kappa shape index (κ2) is 7.28. The summed E-state index contributed by atoms with van der Waals surface area (Å²) in [6.07, 6.45) is 7.00. The first-order chi connectivity index (χ1) is 11.6. The maximum Gasteiger partial charge on any atom is 0.257 e. The van der Waals surface area contributed by atoms with Crippen molar-refractivity contribution in [1.29, 1.82) is 0 Å². The molecule has 1 atom stereocenters. The number of nitrogens with zero attached hydrogens (tertiary/aromatic N) is 4. The van der Waals surface area contributed by atoms with Crippen LogP contribution in [0.25, 0.3) is 0 Å². The van der Waals surface area contributed by atoms with Crippen LogP contribution in [0.15, 0.2) is 6.20 Å². The first-order valence-corrected chi connectivity index (χ1v) is 8.94. The highest BCUT2D eigenvalue weighted by Gasteiger charge is 2.26. The zero-order chi connectivity index (χ0) is 17.1. The van der Waals surface area contributed by atoms with E-state index in [2.05, 4.69) is 9.97 Å². The summed E-state index contributed by atoms with van der Waals surface area (Å²) >= 11 is 0. The molecule has 0 N–H and O–H groups in total. The third-order valence-corrected chi connectivity index (χ3v) is 5.10. The second-order valence-electron chi connectivity index (χ2n) is 6.88. The van der Waals surface area contributed by atoms with Crippen LogP contribution in [0, 0.1) is 6.92 Å². The Morgan fingerprint density at radius 1 is 1.08 bits per heavy atom. The Morgan fingerprint density at radius 2 is 1.79 bits per heavy atom. The van der Waals surface area contributed by atoms with Crippen molar-refractivity contribution in [1.82, 2.24) is 19.8 Å². The van der Waals surface area contributed by atoms with E-state index in [1.54, 1.807) is 13.1 Å². The van der Waals surface area contributed by atoms with Crippen LogP contribution in [-0.2, 0) is 4.79 Å². The minimum absolute atomic E-state index is 0.0488. The van der Waals surface area contributed by atoms with Crippen molar-refractivity contribution < 1.29 is 9.59 Å². The van der Waals surface area contributed by atoms with Crippen LogP contribution in [0.3, 0.4) is 0 Å². The zero-order valence-electron chi connectivity index (χ0n) is 14.6. The van der Waals surface area contributed by atoms with Crippen LogP contribution in [0.1, 0.15) is 66.8 Å². The number of piperidine rings is 2. The fourth-order valence-electron chi connectivity index (χ4n) is 3.63. The monoisotopic (exact) mass is 330 g/mol. The highest BCUT2D eigenvalue weighted by Crippen LogP contribution is 2.25. The number of aryl methyl sites for hydroxylation is 1. The van der Waals surface area contributed by atoms with Crippen LogP contribution in [0.5, 0.6) is 0 Å². The average molecular weight is 330 g/mol. The fourth-order valence-corrected chi connectivity index (χ4v) is 3.63. The molecule has 0 aliphatic carbocycles. The van der Waals surface area contributed by atoms with Gasteiger partial charge >= 0.3 is 0 Å². The van der Waals surface area contributed by atoms with E-state index in [0.29, 0.717) is 12.1 Å². The van der Waals surface area contributed by atoms with Gasteiger partial charge in [-0.3, -0.25) is 9.59 Å². The molecule has 130 valence electrons. The molecule has 1 aromatic heterocycles. The number of carbonyl (C=O) groups excluding carboxylic acids is 2. The van der Waals surface area contributed by atoms with Crippen molar-refractivity contribution in [2.75, 3.05) is 26.2 Å². The zero-order valence-corrected chi connectivity index (χ0v) is 14.6. The minimum Gasteiger partial charge on any atom is -0.342 e. The fraction of sp³-hybridized carbons (Fsp3) is 0.667. The predicted octanol–water partition coefficient (Wildman–Crippen LogP) is 2.14. The quantitative estimate of drug-likeness (QED) is 0.833. The van der Waals surface area contributed by atoms with Gasteiger partial charge in [0, 0.05) is 45.2 Å². The number of likely N-dealkylation sites (tertiary alicyclic amines) is 2. The lowest BCUT2D eigenvalue weighted by molar-refractivity contribution is -0.130. The molecule has 2 fully saturated rings. The molecule has 0 saturated carbocycles. The molecule has 6 heteroatoms. The standard InChI is InChI=1S/C18H26N4O2/c1-13-16(18(24)21-8-4-3-5-9-21)11-19-17(20-13)15-7-6-10-22(12-15)14(2)23/h11,15H,3-10,12H2,1-2H3. The summed E-state index contributed by atoms with van der Waals surface area (Å²) in [6, 6.07) is 0. The van der Waals surface area contributed by atoms with Crippen molar-refractivity contribution in [2.24, 2.45) is 0 Å². The summed E-state index contributed by atoms with van der Waals surface area (Å²) in [5, 5.41) is 0. The van der Waals surface area contributed by atoms with Gasteiger partial charge in [-0.1, -0.05) is 0 Å². The Hall–Kier alpha value is -1.98. The van der Waals surface area contributed by atoms with E-state index in [-0.39, 0.29) is 17.7 Å². The largest absolute Gasteiger partial charge is 0.342 e. The SMILES string of the molecule is CC(=O)N1CCCC(c2ncc(C(=O)N3CCCCC3)c(C)n2)C1. The van der Waals surface area contributed by atoms with Gasteiger partial charge in [0.15, 0.2) is 0 Å². The molecule has 0 bridgehead atoms. The number of amides is 2. The summed E-state index contributed by atoms with van der Waals surface area (Å²) in [4.78, 5) is 37.1. The van der Waals surface area contributed by atoms with Crippen molar-refractivity contribution in [3.05, 3.63) is 23.3 Å². The second-order valence-corrected chi connectivity index (χ2v) is 6.88. The van der Waals surface area contributed by atoms with Gasteiger partial charge in [-0.25, -0.2) is 9.97 Å². The molecule has 2 amide bonds. The van der Waals surface area contributed by atoms with E-state index in [9.17, 15) is 9.59 Å². The Bertz CT molecular complexity index is 625. The molecule has 0 radical (unpaired) electrons. The van der Waals surface area contributed by atoms with Crippen LogP contribution in [-0.4, -0.2) is 57.8 Å². The lowest BCUT2D eigenvalue weighted by atomic mass is 9.97. The van der Waals surface area contributed by atoms with Crippen molar-refractivity contribution in [2.45, 2.75) is 51.9 Å². The van der Waals surface area contributed by atoms with E-state index in [1.807, 2.05) is 16.7 Å². The van der Waals surface area contributed by atoms with Crippen molar-refractivity contribution in [3.63, 3.8) is 0 Å². The Labute approximate surface area is 143 Å². The van der Waals surface area contributed by atoms with Crippen LogP contribution in [0.4, 0.5) is 0 Å². The molecule has 2 aliphatic heterocycles. The molecule has 1 aromatic rings. The summed E-state index contributed by atoms with van der Waals surface area (Å²) in [6.45, 7) is 6.64.